The zero-order valence-corrected chi connectivity index (χ0v) is 12.9. The molecule has 0 fully saturated rings. The van der Waals surface area contributed by atoms with Gasteiger partial charge in [-0.1, -0.05) is 6.92 Å². The van der Waals surface area contributed by atoms with Gasteiger partial charge < -0.3 is 16.2 Å². The molecule has 112 valence electrons. The molecule has 0 saturated heterocycles. The molecule has 21 heavy (non-hydrogen) atoms. The van der Waals surface area contributed by atoms with Gasteiger partial charge in [0.2, 0.25) is 0 Å². The van der Waals surface area contributed by atoms with Crippen LogP contribution in [0.15, 0.2) is 0 Å². The van der Waals surface area contributed by atoms with Gasteiger partial charge in [0.05, 0.1) is 5.69 Å². The van der Waals surface area contributed by atoms with Crippen molar-refractivity contribution in [2.24, 2.45) is 0 Å². The Hall–Kier alpha value is -2.15. The molecule has 0 aromatic carbocycles. The number of carboxylic acid groups (broad SMARTS) is 1. The van der Waals surface area contributed by atoms with Crippen LogP contribution in [0.25, 0.3) is 10.2 Å². The van der Waals surface area contributed by atoms with E-state index in [0.717, 1.165) is 28.6 Å². The van der Waals surface area contributed by atoms with Crippen molar-refractivity contribution in [1.82, 2.24) is 10.3 Å². The minimum Gasteiger partial charge on any atom is -0.480 e. The van der Waals surface area contributed by atoms with Gasteiger partial charge >= 0.3 is 5.97 Å². The van der Waals surface area contributed by atoms with E-state index < -0.39 is 18.4 Å². The maximum Gasteiger partial charge on any atom is 0.322 e. The Balaban J connectivity index is 2.53. The van der Waals surface area contributed by atoms with Crippen molar-refractivity contribution in [3.8, 4) is 0 Å². The van der Waals surface area contributed by atoms with Gasteiger partial charge in [-0.25, -0.2) is 4.98 Å². The van der Waals surface area contributed by atoms with Crippen LogP contribution in [0, 0.1) is 13.8 Å². The smallest absolute Gasteiger partial charge is 0.322 e. The number of amides is 1. The van der Waals surface area contributed by atoms with Crippen molar-refractivity contribution in [3.05, 3.63) is 21.7 Å². The number of carboxylic acids is 1. The van der Waals surface area contributed by atoms with Crippen LogP contribution in [-0.4, -0.2) is 28.5 Å². The summed E-state index contributed by atoms with van der Waals surface area (Å²) in [6, 6.07) is 0. The Morgan fingerprint density at radius 3 is 2.62 bits per heavy atom. The molecule has 4 N–H and O–H groups in total. The summed E-state index contributed by atoms with van der Waals surface area (Å²) in [5.41, 5.74) is 9.55. The lowest BCUT2D eigenvalue weighted by Crippen LogP contribution is -2.29. The number of nitrogen functional groups attached to an aromatic ring is 1. The maximum atomic E-state index is 12.0. The number of nitrogens with zero attached hydrogens (tertiary/aromatic N) is 1. The monoisotopic (exact) mass is 307 g/mol. The van der Waals surface area contributed by atoms with E-state index in [9.17, 15) is 9.59 Å². The summed E-state index contributed by atoms with van der Waals surface area (Å²) in [5.74, 6) is -1.57. The van der Waals surface area contributed by atoms with Crippen molar-refractivity contribution in [3.63, 3.8) is 0 Å². The van der Waals surface area contributed by atoms with Crippen LogP contribution in [0.4, 0.5) is 5.69 Å². The molecule has 2 aromatic rings. The number of thiophene rings is 1. The van der Waals surface area contributed by atoms with Crippen molar-refractivity contribution in [2.75, 3.05) is 12.3 Å². The van der Waals surface area contributed by atoms with E-state index in [2.05, 4.69) is 10.3 Å². The third kappa shape index (κ3) is 2.69. The normalized spacial score (nSPS) is 10.8. The highest BCUT2D eigenvalue weighted by molar-refractivity contribution is 7.21. The van der Waals surface area contributed by atoms with Gasteiger partial charge in [0.15, 0.2) is 0 Å². The number of rotatable bonds is 4. The fraction of sp³-hybridized carbons (Fsp3) is 0.357. The van der Waals surface area contributed by atoms with Crippen LogP contribution >= 0.6 is 11.3 Å². The summed E-state index contributed by atoms with van der Waals surface area (Å²) >= 11 is 1.19. The maximum absolute atomic E-state index is 12.0. The molecule has 0 spiro atoms. The van der Waals surface area contributed by atoms with E-state index in [4.69, 9.17) is 10.8 Å². The van der Waals surface area contributed by atoms with Crippen molar-refractivity contribution >= 4 is 39.1 Å². The average molecular weight is 307 g/mol. The van der Waals surface area contributed by atoms with Crippen LogP contribution in [0.3, 0.4) is 0 Å². The van der Waals surface area contributed by atoms with Crippen molar-refractivity contribution in [1.29, 1.82) is 0 Å². The minimum absolute atomic E-state index is 0.314. The molecule has 0 atom stereocenters. The molecular formula is C14H17N3O3S. The molecule has 0 saturated carbocycles. The minimum atomic E-state index is -1.10. The van der Waals surface area contributed by atoms with Gasteiger partial charge in [-0.15, -0.1) is 11.3 Å². The van der Waals surface area contributed by atoms with Crippen molar-refractivity contribution in [2.45, 2.75) is 27.2 Å². The van der Waals surface area contributed by atoms with Crippen LogP contribution in [0.1, 0.15) is 33.4 Å². The SMILES string of the molecule is CCc1c(C)nc2sc(C(=O)NCC(=O)O)c(N)c2c1C. The molecule has 0 unspecified atom stereocenters. The summed E-state index contributed by atoms with van der Waals surface area (Å²) in [6.07, 6.45) is 0.844. The summed E-state index contributed by atoms with van der Waals surface area (Å²) in [7, 11) is 0. The first-order valence-electron chi connectivity index (χ1n) is 6.54. The first-order valence-corrected chi connectivity index (χ1v) is 7.36. The fourth-order valence-electron chi connectivity index (χ4n) is 2.44. The molecule has 0 aliphatic heterocycles. The first-order chi connectivity index (χ1) is 9.86. The zero-order chi connectivity index (χ0) is 15.7. The highest BCUT2D eigenvalue weighted by Crippen LogP contribution is 2.36. The molecule has 2 heterocycles. The number of aryl methyl sites for hydroxylation is 2. The predicted molar refractivity (Wildman–Crippen MR) is 82.9 cm³/mol. The standard InChI is InChI=1S/C14H17N3O3S/c1-4-8-6(2)10-11(15)12(13(20)16-5-9(18)19)21-14(10)17-7(8)3/h4-5,15H2,1-3H3,(H,16,20)(H,18,19). The van der Waals surface area contributed by atoms with Gasteiger partial charge in [0.25, 0.3) is 5.91 Å². The van der Waals surface area contributed by atoms with Crippen LogP contribution in [0.2, 0.25) is 0 Å². The Bertz CT molecular complexity index is 737. The molecule has 7 heteroatoms. The summed E-state index contributed by atoms with van der Waals surface area (Å²) in [4.78, 5) is 28.1. The quantitative estimate of drug-likeness (QED) is 0.799. The predicted octanol–water partition coefficient (Wildman–Crippen LogP) is 1.87. The van der Waals surface area contributed by atoms with Crippen molar-refractivity contribution < 1.29 is 14.7 Å². The zero-order valence-electron chi connectivity index (χ0n) is 12.1. The third-order valence-electron chi connectivity index (χ3n) is 3.42. The molecular weight excluding hydrogens is 290 g/mol. The van der Waals surface area contributed by atoms with Crippen LogP contribution in [0.5, 0.6) is 0 Å². The second kappa shape index (κ2) is 5.69. The summed E-state index contributed by atoms with van der Waals surface area (Å²) in [6.45, 7) is 5.52. The van der Waals surface area contributed by atoms with Crippen LogP contribution in [-0.2, 0) is 11.2 Å². The largest absolute Gasteiger partial charge is 0.480 e. The fourth-order valence-corrected chi connectivity index (χ4v) is 3.56. The highest BCUT2D eigenvalue weighted by Gasteiger charge is 2.20. The first kappa shape index (κ1) is 15.2. The van der Waals surface area contributed by atoms with E-state index >= 15 is 0 Å². The molecule has 6 nitrogen and oxygen atoms in total. The van der Waals surface area contributed by atoms with Gasteiger partial charge in [-0.2, -0.15) is 0 Å². The lowest BCUT2D eigenvalue weighted by Gasteiger charge is -2.08. The highest BCUT2D eigenvalue weighted by atomic mass is 32.1. The number of hydrogen-bond donors (Lipinski definition) is 3. The van der Waals surface area contributed by atoms with E-state index in [0.29, 0.717) is 15.4 Å². The van der Waals surface area contributed by atoms with E-state index in [1.54, 1.807) is 0 Å². The summed E-state index contributed by atoms with van der Waals surface area (Å²) in [5, 5.41) is 11.7. The lowest BCUT2D eigenvalue weighted by molar-refractivity contribution is -0.135. The number of anilines is 1. The molecule has 2 rings (SSSR count). The van der Waals surface area contributed by atoms with Gasteiger partial charge in [-0.05, 0) is 31.4 Å². The van der Waals surface area contributed by atoms with E-state index in [1.165, 1.54) is 11.3 Å². The Morgan fingerprint density at radius 2 is 2.05 bits per heavy atom. The molecule has 0 bridgehead atoms. The topological polar surface area (TPSA) is 105 Å². The molecule has 0 aliphatic rings. The second-order valence-electron chi connectivity index (χ2n) is 4.76. The third-order valence-corrected chi connectivity index (χ3v) is 4.52. The molecule has 1 amide bonds. The number of carbonyl (C=O) groups is 2. The second-order valence-corrected chi connectivity index (χ2v) is 5.75. The number of carbonyl (C=O) groups excluding carboxylic acids is 1. The van der Waals surface area contributed by atoms with E-state index in [-0.39, 0.29) is 0 Å². The van der Waals surface area contributed by atoms with Gasteiger partial charge in [0, 0.05) is 11.1 Å². The number of aromatic nitrogens is 1. The average Bonchev–Trinajstić information content (AvgIpc) is 2.73. The van der Waals surface area contributed by atoms with Gasteiger partial charge in [-0.3, -0.25) is 9.59 Å². The molecule has 2 aromatic heterocycles. The van der Waals surface area contributed by atoms with E-state index in [1.807, 2.05) is 20.8 Å². The Morgan fingerprint density at radius 1 is 1.38 bits per heavy atom. The van der Waals surface area contributed by atoms with Gasteiger partial charge in [0.1, 0.15) is 16.3 Å². The molecule has 0 aliphatic carbocycles. The number of aliphatic carboxylic acids is 1. The Labute approximate surface area is 126 Å². The number of hydrogen-bond acceptors (Lipinski definition) is 5. The lowest BCUT2D eigenvalue weighted by atomic mass is 10.0. The summed E-state index contributed by atoms with van der Waals surface area (Å²) < 4.78 is 0. The number of nitrogens with two attached hydrogens (primary N) is 1. The number of nitrogens with one attached hydrogen (secondary N) is 1. The number of pyridine rings is 1. The van der Waals surface area contributed by atoms with Crippen LogP contribution < -0.4 is 11.1 Å². The Kier molecular flexibility index (Phi) is 4.13. The molecule has 0 radical (unpaired) electrons. The number of fused-ring (bicyclic) bond motifs is 1.